The molecule has 0 spiro atoms. The lowest BCUT2D eigenvalue weighted by atomic mass is 10.2. The van der Waals surface area contributed by atoms with Crippen molar-refractivity contribution in [3.05, 3.63) is 29.8 Å². The summed E-state index contributed by atoms with van der Waals surface area (Å²) in [5.74, 6) is 1.50. The summed E-state index contributed by atoms with van der Waals surface area (Å²) >= 11 is 4.10. The van der Waals surface area contributed by atoms with Crippen LogP contribution in [0.25, 0.3) is 6.08 Å². The molecule has 1 rings (SSSR count). The van der Waals surface area contributed by atoms with Crippen molar-refractivity contribution in [3.63, 3.8) is 0 Å². The second kappa shape index (κ2) is 5.60. The molecule has 0 saturated carbocycles. The molecule has 76 valence electrons. The average Bonchev–Trinajstić information content (AvgIpc) is 2.18. The van der Waals surface area contributed by atoms with Crippen molar-refractivity contribution in [2.45, 2.75) is 6.42 Å². The van der Waals surface area contributed by atoms with Crippen molar-refractivity contribution in [1.29, 1.82) is 0 Å². The van der Waals surface area contributed by atoms with Crippen LogP contribution in [0.1, 0.15) is 12.0 Å². The molecular formula is C11H14O2S. The summed E-state index contributed by atoms with van der Waals surface area (Å²) in [5.41, 5.74) is 0.963. The minimum atomic E-state index is 0.167. The van der Waals surface area contributed by atoms with Crippen LogP contribution in [-0.4, -0.2) is 18.0 Å². The van der Waals surface area contributed by atoms with E-state index >= 15 is 0 Å². The summed E-state index contributed by atoms with van der Waals surface area (Å²) in [5, 5.41) is 9.47. The monoisotopic (exact) mass is 210 g/mol. The molecule has 1 aromatic rings. The van der Waals surface area contributed by atoms with Crippen LogP contribution in [0, 0.1) is 0 Å². The minimum Gasteiger partial charge on any atom is -0.504 e. The van der Waals surface area contributed by atoms with Gasteiger partial charge in [-0.1, -0.05) is 18.2 Å². The molecule has 1 aromatic carbocycles. The molecule has 3 heteroatoms. The number of hydrogen-bond donors (Lipinski definition) is 2. The number of thiol groups is 1. The third-order valence-corrected chi connectivity index (χ3v) is 2.07. The Bertz CT molecular complexity index is 321. The number of hydrogen-bond acceptors (Lipinski definition) is 3. The molecule has 2 nitrogen and oxygen atoms in total. The predicted molar refractivity (Wildman–Crippen MR) is 62.2 cm³/mol. The molecule has 0 saturated heterocycles. The largest absolute Gasteiger partial charge is 0.504 e. The first-order valence-electron chi connectivity index (χ1n) is 4.42. The number of benzene rings is 1. The van der Waals surface area contributed by atoms with E-state index in [9.17, 15) is 5.11 Å². The van der Waals surface area contributed by atoms with E-state index in [2.05, 4.69) is 12.6 Å². The van der Waals surface area contributed by atoms with Crippen LogP contribution in [0.5, 0.6) is 11.5 Å². The van der Waals surface area contributed by atoms with E-state index in [1.165, 1.54) is 7.11 Å². The Morgan fingerprint density at radius 3 is 2.86 bits per heavy atom. The van der Waals surface area contributed by atoms with Gasteiger partial charge in [-0.15, -0.1) is 0 Å². The van der Waals surface area contributed by atoms with Gasteiger partial charge in [0.05, 0.1) is 7.11 Å². The Kier molecular flexibility index (Phi) is 4.40. The zero-order chi connectivity index (χ0) is 10.4. The van der Waals surface area contributed by atoms with Crippen LogP contribution in [0.15, 0.2) is 24.3 Å². The molecule has 0 aliphatic heterocycles. The summed E-state index contributed by atoms with van der Waals surface area (Å²) in [6, 6.07) is 5.32. The SMILES string of the molecule is COc1ccc(C=CCCS)cc1O. The second-order valence-electron chi connectivity index (χ2n) is 2.85. The molecule has 0 aromatic heterocycles. The molecule has 0 heterocycles. The fourth-order valence-corrected chi connectivity index (χ4v) is 1.25. The van der Waals surface area contributed by atoms with Crippen LogP contribution < -0.4 is 4.74 Å². The van der Waals surface area contributed by atoms with Crippen LogP contribution in [0.3, 0.4) is 0 Å². The Labute approximate surface area is 89.6 Å². The van der Waals surface area contributed by atoms with Crippen molar-refractivity contribution < 1.29 is 9.84 Å². The van der Waals surface area contributed by atoms with Crippen molar-refractivity contribution in [1.82, 2.24) is 0 Å². The van der Waals surface area contributed by atoms with Gasteiger partial charge in [-0.25, -0.2) is 0 Å². The maximum atomic E-state index is 9.47. The maximum Gasteiger partial charge on any atom is 0.160 e. The standard InChI is InChI=1S/C11H14O2S/c1-13-11-6-5-9(8-10(11)12)4-2-3-7-14/h2,4-6,8,12,14H,3,7H2,1H3. The van der Waals surface area contributed by atoms with Crippen LogP contribution in [-0.2, 0) is 0 Å². The molecular weight excluding hydrogens is 196 g/mol. The van der Waals surface area contributed by atoms with Crippen molar-refractivity contribution >= 4 is 18.7 Å². The average molecular weight is 210 g/mol. The lowest BCUT2D eigenvalue weighted by Crippen LogP contribution is -1.83. The maximum absolute atomic E-state index is 9.47. The van der Waals surface area contributed by atoms with E-state index in [4.69, 9.17) is 4.74 Å². The summed E-state index contributed by atoms with van der Waals surface area (Å²) in [6.45, 7) is 0. The predicted octanol–water partition coefficient (Wildman–Crippen LogP) is 2.73. The highest BCUT2D eigenvalue weighted by molar-refractivity contribution is 7.80. The minimum absolute atomic E-state index is 0.167. The molecule has 0 fully saturated rings. The molecule has 0 atom stereocenters. The smallest absolute Gasteiger partial charge is 0.160 e. The van der Waals surface area contributed by atoms with Gasteiger partial charge >= 0.3 is 0 Å². The molecule has 0 aliphatic rings. The lowest BCUT2D eigenvalue weighted by molar-refractivity contribution is 0.373. The van der Waals surface area contributed by atoms with Crippen molar-refractivity contribution in [2.75, 3.05) is 12.9 Å². The molecule has 0 radical (unpaired) electrons. The topological polar surface area (TPSA) is 29.5 Å². The van der Waals surface area contributed by atoms with E-state index in [-0.39, 0.29) is 5.75 Å². The summed E-state index contributed by atoms with van der Waals surface area (Å²) in [4.78, 5) is 0. The number of allylic oxidation sites excluding steroid dienone is 1. The van der Waals surface area contributed by atoms with E-state index in [1.807, 2.05) is 18.2 Å². The van der Waals surface area contributed by atoms with E-state index in [1.54, 1.807) is 12.1 Å². The van der Waals surface area contributed by atoms with E-state index in [0.29, 0.717) is 5.75 Å². The highest BCUT2D eigenvalue weighted by Crippen LogP contribution is 2.26. The zero-order valence-electron chi connectivity index (χ0n) is 8.10. The fraction of sp³-hybridized carbons (Fsp3) is 0.273. The third-order valence-electron chi connectivity index (χ3n) is 1.81. The first-order chi connectivity index (χ1) is 6.77. The molecule has 14 heavy (non-hydrogen) atoms. The highest BCUT2D eigenvalue weighted by atomic mass is 32.1. The Morgan fingerprint density at radius 1 is 1.50 bits per heavy atom. The normalized spacial score (nSPS) is 10.7. The second-order valence-corrected chi connectivity index (χ2v) is 3.29. The van der Waals surface area contributed by atoms with Crippen LogP contribution in [0.2, 0.25) is 0 Å². The van der Waals surface area contributed by atoms with Gasteiger partial charge in [0.1, 0.15) is 0 Å². The quantitative estimate of drug-likeness (QED) is 0.748. The Hall–Kier alpha value is -1.09. The first-order valence-corrected chi connectivity index (χ1v) is 5.05. The van der Waals surface area contributed by atoms with Gasteiger partial charge in [0, 0.05) is 0 Å². The van der Waals surface area contributed by atoms with Gasteiger partial charge in [0.2, 0.25) is 0 Å². The van der Waals surface area contributed by atoms with Gasteiger partial charge in [0.25, 0.3) is 0 Å². The molecule has 0 bridgehead atoms. The molecule has 0 unspecified atom stereocenters. The fourth-order valence-electron chi connectivity index (χ4n) is 1.10. The van der Waals surface area contributed by atoms with Gasteiger partial charge in [-0.05, 0) is 29.9 Å². The number of phenols is 1. The number of ether oxygens (including phenoxy) is 1. The molecule has 0 aliphatic carbocycles. The first kappa shape index (κ1) is 11.0. The summed E-state index contributed by atoms with van der Waals surface area (Å²) in [6.07, 6.45) is 4.90. The van der Waals surface area contributed by atoms with Gasteiger partial charge in [-0.3, -0.25) is 0 Å². The number of phenolic OH excluding ortho intramolecular Hbond substituents is 1. The lowest BCUT2D eigenvalue weighted by Gasteiger charge is -2.03. The van der Waals surface area contributed by atoms with Crippen molar-refractivity contribution in [2.24, 2.45) is 0 Å². The van der Waals surface area contributed by atoms with Gasteiger partial charge < -0.3 is 9.84 Å². The van der Waals surface area contributed by atoms with Crippen LogP contribution >= 0.6 is 12.6 Å². The number of aromatic hydroxyl groups is 1. The van der Waals surface area contributed by atoms with E-state index < -0.39 is 0 Å². The number of methoxy groups -OCH3 is 1. The highest BCUT2D eigenvalue weighted by Gasteiger charge is 1.99. The van der Waals surface area contributed by atoms with Gasteiger partial charge in [-0.2, -0.15) is 12.6 Å². The van der Waals surface area contributed by atoms with Crippen LogP contribution in [0.4, 0.5) is 0 Å². The zero-order valence-corrected chi connectivity index (χ0v) is 9.00. The Morgan fingerprint density at radius 2 is 2.29 bits per heavy atom. The third kappa shape index (κ3) is 3.00. The number of rotatable bonds is 4. The van der Waals surface area contributed by atoms with E-state index in [0.717, 1.165) is 17.7 Å². The molecule has 0 amide bonds. The molecule has 1 N–H and O–H groups in total. The Balaban J connectivity index is 2.76. The van der Waals surface area contributed by atoms with Gasteiger partial charge in [0.15, 0.2) is 11.5 Å². The summed E-state index contributed by atoms with van der Waals surface area (Å²) < 4.78 is 4.94. The summed E-state index contributed by atoms with van der Waals surface area (Å²) in [7, 11) is 1.53. The van der Waals surface area contributed by atoms with Crippen molar-refractivity contribution in [3.8, 4) is 11.5 Å².